The molecule has 0 aliphatic heterocycles. The molecular formula is C14H17N5S. The number of rotatable bonds is 3. The van der Waals surface area contributed by atoms with E-state index in [1.165, 1.54) is 0 Å². The van der Waals surface area contributed by atoms with Crippen molar-refractivity contribution in [1.82, 2.24) is 19.7 Å². The van der Waals surface area contributed by atoms with Crippen LogP contribution in [-0.4, -0.2) is 26.8 Å². The van der Waals surface area contributed by atoms with Crippen LogP contribution in [0.4, 0.5) is 5.13 Å². The van der Waals surface area contributed by atoms with Crippen molar-refractivity contribution in [3.63, 3.8) is 0 Å². The van der Waals surface area contributed by atoms with Crippen molar-refractivity contribution in [2.45, 2.75) is 19.9 Å². The lowest BCUT2D eigenvalue weighted by molar-refractivity contribution is 0.710. The first-order valence-corrected chi connectivity index (χ1v) is 7.33. The van der Waals surface area contributed by atoms with Gasteiger partial charge in [0.2, 0.25) is 0 Å². The lowest BCUT2D eigenvalue weighted by atomic mass is 10.2. The van der Waals surface area contributed by atoms with Crippen molar-refractivity contribution in [3.05, 3.63) is 35.8 Å². The van der Waals surface area contributed by atoms with Crippen LogP contribution in [0.5, 0.6) is 0 Å². The number of fused-ring (bicyclic) bond motifs is 1. The Kier molecular flexibility index (Phi) is 3.17. The third-order valence-electron chi connectivity index (χ3n) is 3.53. The SMILES string of the molecule is Cc1nn(C)c2nc(N(C)[C@H](C)c3ccccn3)sc12. The number of hydrogen-bond acceptors (Lipinski definition) is 5. The summed E-state index contributed by atoms with van der Waals surface area (Å²) in [6.07, 6.45) is 1.83. The van der Waals surface area contributed by atoms with Gasteiger partial charge in [0.25, 0.3) is 0 Å². The maximum Gasteiger partial charge on any atom is 0.188 e. The molecule has 0 unspecified atom stereocenters. The smallest absolute Gasteiger partial charge is 0.188 e. The molecule has 0 N–H and O–H groups in total. The fourth-order valence-electron chi connectivity index (χ4n) is 2.21. The molecule has 1 atom stereocenters. The van der Waals surface area contributed by atoms with Crippen molar-refractivity contribution in [1.29, 1.82) is 0 Å². The number of nitrogens with zero attached hydrogens (tertiary/aromatic N) is 5. The molecule has 0 aliphatic rings. The van der Waals surface area contributed by atoms with Gasteiger partial charge in [0.15, 0.2) is 10.8 Å². The van der Waals surface area contributed by atoms with Crippen molar-refractivity contribution in [2.75, 3.05) is 11.9 Å². The van der Waals surface area contributed by atoms with Gasteiger partial charge in [-0.2, -0.15) is 5.10 Å². The summed E-state index contributed by atoms with van der Waals surface area (Å²) in [6.45, 7) is 4.16. The number of aryl methyl sites for hydroxylation is 2. The summed E-state index contributed by atoms with van der Waals surface area (Å²) in [7, 11) is 3.99. The van der Waals surface area contributed by atoms with Gasteiger partial charge < -0.3 is 4.90 Å². The molecule has 6 heteroatoms. The molecule has 3 heterocycles. The topological polar surface area (TPSA) is 46.8 Å². The molecule has 3 aromatic rings. The van der Waals surface area contributed by atoms with Crippen LogP contribution in [0.25, 0.3) is 10.3 Å². The average Bonchev–Trinajstić information content (AvgIpc) is 3.01. The molecule has 0 radical (unpaired) electrons. The first-order chi connectivity index (χ1) is 9.58. The van der Waals surface area contributed by atoms with Crippen LogP contribution >= 0.6 is 11.3 Å². The van der Waals surface area contributed by atoms with Crippen LogP contribution in [0.3, 0.4) is 0 Å². The summed E-state index contributed by atoms with van der Waals surface area (Å²) in [6, 6.07) is 6.17. The van der Waals surface area contributed by atoms with Crippen LogP contribution in [0, 0.1) is 6.92 Å². The minimum atomic E-state index is 0.185. The van der Waals surface area contributed by atoms with E-state index < -0.39 is 0 Å². The second kappa shape index (κ2) is 4.86. The van der Waals surface area contributed by atoms with Crippen LogP contribution in [0.1, 0.15) is 24.4 Å². The molecule has 0 aliphatic carbocycles. The van der Waals surface area contributed by atoms with E-state index in [1.807, 2.05) is 43.0 Å². The van der Waals surface area contributed by atoms with Crippen molar-refractivity contribution < 1.29 is 0 Å². The number of thiazole rings is 1. The molecule has 0 fully saturated rings. The standard InChI is InChI=1S/C14H17N5S/c1-9-12-13(19(4)17-9)16-14(20-12)18(3)10(2)11-7-5-6-8-15-11/h5-8,10H,1-4H3/t10-/m1/s1. The van der Waals surface area contributed by atoms with Gasteiger partial charge in [0.1, 0.15) is 0 Å². The largest absolute Gasteiger partial charge is 0.343 e. The Balaban J connectivity index is 1.96. The maximum atomic E-state index is 4.70. The van der Waals surface area contributed by atoms with E-state index >= 15 is 0 Å². The van der Waals surface area contributed by atoms with Crippen molar-refractivity contribution in [2.24, 2.45) is 7.05 Å². The zero-order valence-electron chi connectivity index (χ0n) is 12.0. The number of hydrogen-bond donors (Lipinski definition) is 0. The fourth-order valence-corrected chi connectivity index (χ4v) is 3.29. The van der Waals surface area contributed by atoms with Crippen LogP contribution in [0.15, 0.2) is 24.4 Å². The van der Waals surface area contributed by atoms with E-state index in [9.17, 15) is 0 Å². The van der Waals surface area contributed by atoms with Gasteiger partial charge in [-0.15, -0.1) is 0 Å². The van der Waals surface area contributed by atoms with E-state index in [2.05, 4.69) is 29.0 Å². The third kappa shape index (κ3) is 2.06. The van der Waals surface area contributed by atoms with E-state index in [-0.39, 0.29) is 6.04 Å². The highest BCUT2D eigenvalue weighted by Crippen LogP contribution is 2.33. The highest BCUT2D eigenvalue weighted by Gasteiger charge is 2.19. The second-order valence-corrected chi connectivity index (χ2v) is 5.88. The monoisotopic (exact) mass is 287 g/mol. The molecular weight excluding hydrogens is 270 g/mol. The molecule has 0 saturated carbocycles. The lowest BCUT2D eigenvalue weighted by Gasteiger charge is -2.23. The molecule has 5 nitrogen and oxygen atoms in total. The highest BCUT2D eigenvalue weighted by atomic mass is 32.1. The minimum Gasteiger partial charge on any atom is -0.343 e. The maximum absolute atomic E-state index is 4.70. The Morgan fingerprint density at radius 2 is 2.15 bits per heavy atom. The molecule has 0 spiro atoms. The zero-order valence-corrected chi connectivity index (χ0v) is 12.8. The quantitative estimate of drug-likeness (QED) is 0.743. The second-order valence-electron chi connectivity index (χ2n) is 4.90. The Labute approximate surface area is 121 Å². The Morgan fingerprint density at radius 3 is 2.80 bits per heavy atom. The van der Waals surface area contributed by atoms with Gasteiger partial charge in [-0.05, 0) is 26.0 Å². The van der Waals surface area contributed by atoms with Crippen LogP contribution in [-0.2, 0) is 7.05 Å². The summed E-state index contributed by atoms with van der Waals surface area (Å²) in [5.41, 5.74) is 3.02. The van der Waals surface area contributed by atoms with E-state index in [0.29, 0.717) is 0 Å². The molecule has 0 bridgehead atoms. The van der Waals surface area contributed by atoms with Gasteiger partial charge >= 0.3 is 0 Å². The number of pyridine rings is 1. The first kappa shape index (κ1) is 13.1. The number of anilines is 1. The van der Waals surface area contributed by atoms with E-state index in [4.69, 9.17) is 4.98 Å². The zero-order chi connectivity index (χ0) is 14.3. The van der Waals surface area contributed by atoms with E-state index in [0.717, 1.165) is 26.9 Å². The van der Waals surface area contributed by atoms with Crippen LogP contribution < -0.4 is 4.90 Å². The average molecular weight is 287 g/mol. The summed E-state index contributed by atoms with van der Waals surface area (Å²) in [5.74, 6) is 0. The highest BCUT2D eigenvalue weighted by molar-refractivity contribution is 7.22. The number of aromatic nitrogens is 4. The first-order valence-electron chi connectivity index (χ1n) is 6.52. The third-order valence-corrected chi connectivity index (χ3v) is 4.78. The van der Waals surface area contributed by atoms with Crippen molar-refractivity contribution in [3.8, 4) is 0 Å². The van der Waals surface area contributed by atoms with Crippen LogP contribution in [0.2, 0.25) is 0 Å². The molecule has 0 aromatic carbocycles. The summed E-state index contributed by atoms with van der Waals surface area (Å²) in [4.78, 5) is 11.3. The minimum absolute atomic E-state index is 0.185. The van der Waals surface area contributed by atoms with E-state index in [1.54, 1.807) is 11.3 Å². The predicted octanol–water partition coefficient (Wildman–Crippen LogP) is 2.93. The molecule has 3 rings (SSSR count). The van der Waals surface area contributed by atoms with Gasteiger partial charge in [-0.3, -0.25) is 4.98 Å². The van der Waals surface area contributed by atoms with Gasteiger partial charge in [-0.25, -0.2) is 9.67 Å². The molecule has 0 saturated heterocycles. The molecule has 3 aromatic heterocycles. The summed E-state index contributed by atoms with van der Waals surface area (Å²) >= 11 is 1.68. The van der Waals surface area contributed by atoms with Gasteiger partial charge in [-0.1, -0.05) is 17.4 Å². The van der Waals surface area contributed by atoms with Crippen molar-refractivity contribution >= 4 is 26.8 Å². The molecule has 20 heavy (non-hydrogen) atoms. The Bertz CT molecular complexity index is 696. The summed E-state index contributed by atoms with van der Waals surface area (Å²) in [5, 5.41) is 5.38. The fraction of sp³-hybridized carbons (Fsp3) is 0.357. The van der Waals surface area contributed by atoms with Gasteiger partial charge in [0, 0.05) is 20.3 Å². The molecule has 104 valence electrons. The van der Waals surface area contributed by atoms with Gasteiger partial charge in [0.05, 0.1) is 22.1 Å². The molecule has 0 amide bonds. The lowest BCUT2D eigenvalue weighted by Crippen LogP contribution is -2.22. The Morgan fingerprint density at radius 1 is 1.35 bits per heavy atom. The Hall–Kier alpha value is -1.95. The summed E-state index contributed by atoms with van der Waals surface area (Å²) < 4.78 is 2.99. The predicted molar refractivity (Wildman–Crippen MR) is 82.2 cm³/mol. The normalized spacial score (nSPS) is 12.8.